The van der Waals surface area contributed by atoms with E-state index in [4.69, 9.17) is 4.74 Å². The fourth-order valence-corrected chi connectivity index (χ4v) is 3.82. The fourth-order valence-electron chi connectivity index (χ4n) is 3.82. The number of rotatable bonds is 7. The molecular formula is C26H25N5O. The first-order chi connectivity index (χ1) is 15.7. The Morgan fingerprint density at radius 2 is 1.75 bits per heavy atom. The van der Waals surface area contributed by atoms with Crippen molar-refractivity contribution in [2.24, 2.45) is 0 Å². The number of aromatic nitrogens is 4. The van der Waals surface area contributed by atoms with Gasteiger partial charge in [-0.15, -0.1) is 0 Å². The molecule has 5 rings (SSSR count). The molecule has 0 amide bonds. The summed E-state index contributed by atoms with van der Waals surface area (Å²) >= 11 is 0. The number of hydrogen-bond donors (Lipinski definition) is 1. The summed E-state index contributed by atoms with van der Waals surface area (Å²) in [7, 11) is 4.15. The molecule has 0 spiro atoms. The molecule has 0 aliphatic rings. The number of H-pyrrole nitrogens is 1. The summed E-state index contributed by atoms with van der Waals surface area (Å²) in [4.78, 5) is 19.0. The Labute approximate surface area is 186 Å². The van der Waals surface area contributed by atoms with Gasteiger partial charge in [0.1, 0.15) is 11.4 Å². The summed E-state index contributed by atoms with van der Waals surface area (Å²) in [5.74, 6) is 0.890. The van der Waals surface area contributed by atoms with Crippen molar-refractivity contribution in [1.29, 1.82) is 0 Å². The van der Waals surface area contributed by atoms with Gasteiger partial charge in [0.25, 0.3) is 0 Å². The van der Waals surface area contributed by atoms with Crippen molar-refractivity contribution in [2.75, 3.05) is 27.2 Å². The third kappa shape index (κ3) is 4.18. The Balaban J connectivity index is 1.43. The van der Waals surface area contributed by atoms with Crippen molar-refractivity contribution in [2.45, 2.75) is 6.42 Å². The second-order valence-corrected chi connectivity index (χ2v) is 8.13. The first kappa shape index (κ1) is 20.2. The number of nitrogens with zero attached hydrogens (tertiary/aromatic N) is 4. The Hall–Kier alpha value is -3.77. The summed E-state index contributed by atoms with van der Waals surface area (Å²) in [6, 6.07) is 16.4. The van der Waals surface area contributed by atoms with E-state index >= 15 is 0 Å². The first-order valence-electron chi connectivity index (χ1n) is 10.7. The number of benzene rings is 1. The monoisotopic (exact) mass is 423 g/mol. The Bertz CT molecular complexity index is 1340. The van der Waals surface area contributed by atoms with Gasteiger partial charge in [-0.1, -0.05) is 12.1 Å². The fraction of sp³-hybridized carbons (Fsp3) is 0.192. The molecule has 1 aromatic carbocycles. The van der Waals surface area contributed by atoms with Crippen molar-refractivity contribution >= 4 is 21.9 Å². The van der Waals surface area contributed by atoms with Gasteiger partial charge in [-0.3, -0.25) is 9.97 Å². The number of hydrogen-bond acceptors (Lipinski definition) is 5. The maximum Gasteiger partial charge on any atom is 0.138 e. The molecule has 0 saturated heterocycles. The molecule has 0 fully saturated rings. The highest BCUT2D eigenvalue weighted by Crippen LogP contribution is 2.31. The number of pyridine rings is 3. The van der Waals surface area contributed by atoms with Crippen molar-refractivity contribution in [3.63, 3.8) is 0 Å². The van der Waals surface area contributed by atoms with E-state index in [1.54, 1.807) is 6.20 Å². The van der Waals surface area contributed by atoms with Gasteiger partial charge in [0.15, 0.2) is 0 Å². The van der Waals surface area contributed by atoms with E-state index in [-0.39, 0.29) is 0 Å². The standard InChI is InChI=1S/C26H25N5O/c1-31(2)11-4-12-32-21-8-6-18(7-9-21)20-13-23-22-14-24(19-5-3-10-27-15-19)28-17-25(22)30-26(23)29-16-20/h3,5-10,13-17H,4,11-12H2,1-2H3,(H,29,30). The Morgan fingerprint density at radius 3 is 2.53 bits per heavy atom. The summed E-state index contributed by atoms with van der Waals surface area (Å²) in [6.07, 6.45) is 8.37. The Morgan fingerprint density at radius 1 is 0.875 bits per heavy atom. The molecule has 0 radical (unpaired) electrons. The SMILES string of the molecule is CN(C)CCCOc1ccc(-c2cnc3[nH]c4cnc(-c5cccnc5)cc4c3c2)cc1. The van der Waals surface area contributed by atoms with Gasteiger partial charge in [-0.2, -0.15) is 0 Å². The van der Waals surface area contributed by atoms with Crippen molar-refractivity contribution < 1.29 is 4.74 Å². The zero-order valence-corrected chi connectivity index (χ0v) is 18.2. The molecule has 0 atom stereocenters. The van der Waals surface area contributed by atoms with Crippen molar-refractivity contribution in [3.05, 3.63) is 73.3 Å². The molecule has 5 aromatic rings. The second-order valence-electron chi connectivity index (χ2n) is 8.13. The zero-order chi connectivity index (χ0) is 21.9. The van der Waals surface area contributed by atoms with Crippen LogP contribution in [0.2, 0.25) is 0 Å². The van der Waals surface area contributed by atoms with Crippen LogP contribution in [-0.4, -0.2) is 52.1 Å². The van der Waals surface area contributed by atoms with E-state index in [0.717, 1.165) is 63.0 Å². The molecule has 1 N–H and O–H groups in total. The predicted octanol–water partition coefficient (Wildman–Crippen LogP) is 5.17. The third-order valence-corrected chi connectivity index (χ3v) is 5.50. The molecule has 4 heterocycles. The normalized spacial score (nSPS) is 11.5. The molecule has 32 heavy (non-hydrogen) atoms. The molecular weight excluding hydrogens is 398 g/mol. The molecule has 6 nitrogen and oxygen atoms in total. The maximum absolute atomic E-state index is 5.86. The van der Waals surface area contributed by atoms with Crippen LogP contribution >= 0.6 is 0 Å². The van der Waals surface area contributed by atoms with E-state index in [1.165, 1.54) is 0 Å². The smallest absolute Gasteiger partial charge is 0.138 e. The highest BCUT2D eigenvalue weighted by molar-refractivity contribution is 6.07. The predicted molar refractivity (Wildman–Crippen MR) is 129 cm³/mol. The largest absolute Gasteiger partial charge is 0.494 e. The first-order valence-corrected chi connectivity index (χ1v) is 10.7. The van der Waals surface area contributed by atoms with Crippen molar-refractivity contribution in [3.8, 4) is 28.1 Å². The van der Waals surface area contributed by atoms with Crippen LogP contribution in [0.1, 0.15) is 6.42 Å². The van der Waals surface area contributed by atoms with Gasteiger partial charge in [0.2, 0.25) is 0 Å². The lowest BCUT2D eigenvalue weighted by Crippen LogP contribution is -2.15. The maximum atomic E-state index is 5.86. The zero-order valence-electron chi connectivity index (χ0n) is 18.2. The molecule has 0 saturated carbocycles. The lowest BCUT2D eigenvalue weighted by atomic mass is 10.1. The topological polar surface area (TPSA) is 66.9 Å². The van der Waals surface area contributed by atoms with Crippen LogP contribution < -0.4 is 4.74 Å². The molecule has 0 unspecified atom stereocenters. The van der Waals surface area contributed by atoms with Gasteiger partial charge >= 0.3 is 0 Å². The lowest BCUT2D eigenvalue weighted by Gasteiger charge is -2.10. The summed E-state index contributed by atoms with van der Waals surface area (Å²) in [5.41, 5.74) is 5.89. The second kappa shape index (κ2) is 8.77. The average Bonchev–Trinajstić information content (AvgIpc) is 3.20. The molecule has 0 bridgehead atoms. The number of ether oxygens (including phenoxy) is 1. The van der Waals surface area contributed by atoms with E-state index in [1.807, 2.05) is 42.9 Å². The lowest BCUT2D eigenvalue weighted by molar-refractivity contribution is 0.281. The number of nitrogens with one attached hydrogen (secondary N) is 1. The van der Waals surface area contributed by atoms with Crippen LogP contribution in [0.4, 0.5) is 0 Å². The van der Waals surface area contributed by atoms with Crippen LogP contribution in [-0.2, 0) is 0 Å². The molecule has 4 aromatic heterocycles. The third-order valence-electron chi connectivity index (χ3n) is 5.50. The van der Waals surface area contributed by atoms with Crippen LogP contribution in [0.3, 0.4) is 0 Å². The van der Waals surface area contributed by atoms with Crippen LogP contribution in [0, 0.1) is 0 Å². The van der Waals surface area contributed by atoms with Gasteiger partial charge in [0.05, 0.1) is 24.0 Å². The van der Waals surface area contributed by atoms with Crippen LogP contribution in [0.15, 0.2) is 73.3 Å². The highest BCUT2D eigenvalue weighted by Gasteiger charge is 2.10. The quantitative estimate of drug-likeness (QED) is 0.366. The van der Waals surface area contributed by atoms with Gasteiger partial charge in [0, 0.05) is 47.0 Å². The summed E-state index contributed by atoms with van der Waals surface area (Å²) in [5, 5.41) is 2.18. The molecule has 0 aliphatic carbocycles. The minimum absolute atomic E-state index is 0.716. The number of fused-ring (bicyclic) bond motifs is 3. The molecule has 0 aliphatic heterocycles. The van der Waals surface area contributed by atoms with Crippen LogP contribution in [0.5, 0.6) is 5.75 Å². The van der Waals surface area contributed by atoms with E-state index in [9.17, 15) is 0 Å². The molecule has 160 valence electrons. The van der Waals surface area contributed by atoms with E-state index < -0.39 is 0 Å². The van der Waals surface area contributed by atoms with Crippen LogP contribution in [0.25, 0.3) is 44.3 Å². The minimum atomic E-state index is 0.716. The summed E-state index contributed by atoms with van der Waals surface area (Å²) < 4.78 is 5.86. The van der Waals surface area contributed by atoms with Gasteiger partial charge in [-0.05, 0) is 62.5 Å². The van der Waals surface area contributed by atoms with E-state index in [0.29, 0.717) is 6.61 Å². The summed E-state index contributed by atoms with van der Waals surface area (Å²) in [6.45, 7) is 1.74. The van der Waals surface area contributed by atoms with E-state index in [2.05, 4.69) is 63.2 Å². The highest BCUT2D eigenvalue weighted by atomic mass is 16.5. The van der Waals surface area contributed by atoms with Gasteiger partial charge in [-0.25, -0.2) is 4.98 Å². The van der Waals surface area contributed by atoms with Gasteiger partial charge < -0.3 is 14.6 Å². The van der Waals surface area contributed by atoms with Crippen molar-refractivity contribution in [1.82, 2.24) is 24.8 Å². The molecule has 6 heteroatoms. The minimum Gasteiger partial charge on any atom is -0.494 e. The Kier molecular flexibility index (Phi) is 5.52. The average molecular weight is 424 g/mol. The number of aromatic amines is 1.